The Morgan fingerprint density at radius 2 is 1.38 bits per heavy atom. The average Bonchev–Trinajstić information content (AvgIpc) is 3.43. The molecule has 0 radical (unpaired) electrons. The minimum Gasteiger partial charge on any atom is -0.358 e. The van der Waals surface area contributed by atoms with Crippen molar-refractivity contribution in [2.75, 3.05) is 5.84 Å². The molecule has 0 amide bonds. The van der Waals surface area contributed by atoms with Gasteiger partial charge in [-0.1, -0.05) is 91.0 Å². The Morgan fingerprint density at radius 1 is 0.824 bits per heavy atom. The highest BCUT2D eigenvalue weighted by molar-refractivity contribution is 7.07. The molecule has 3 aromatic carbocycles. The smallest absolute Gasteiger partial charge is 0.229 e. The van der Waals surface area contributed by atoms with Crippen molar-refractivity contribution in [1.82, 2.24) is 9.66 Å². The van der Waals surface area contributed by atoms with Crippen LogP contribution in [0.25, 0.3) is 33.6 Å². The zero-order valence-electron chi connectivity index (χ0n) is 19.1. The fourth-order valence-electron chi connectivity index (χ4n) is 4.17. The molecule has 0 aliphatic rings. The second kappa shape index (κ2) is 9.37. The fourth-order valence-corrected chi connectivity index (χ4v) is 4.94. The molecule has 0 saturated carbocycles. The molecule has 168 valence electrons. The van der Waals surface area contributed by atoms with Gasteiger partial charge in [-0.2, -0.15) is 5.10 Å². The standard InChI is InChI=1S/C28H25N5S/c1-19-25(20(2)31-32-28-33(29)24(18-34-28)21-12-6-3-7-13-21)26(22-14-8-4-9-15-22)27(30-19)23-16-10-5-11-17-23/h3-18,30H,29H2,1-2H3. The molecule has 6 heteroatoms. The van der Waals surface area contributed by atoms with E-state index in [-0.39, 0.29) is 0 Å². The number of H-pyrrole nitrogens is 1. The molecule has 34 heavy (non-hydrogen) atoms. The van der Waals surface area contributed by atoms with Gasteiger partial charge in [-0.25, -0.2) is 4.68 Å². The van der Waals surface area contributed by atoms with Gasteiger partial charge in [0.25, 0.3) is 0 Å². The Bertz CT molecular complexity index is 1510. The molecule has 0 spiro atoms. The minimum atomic E-state index is 0.635. The maximum absolute atomic E-state index is 6.35. The summed E-state index contributed by atoms with van der Waals surface area (Å²) < 4.78 is 1.59. The first-order valence-corrected chi connectivity index (χ1v) is 11.9. The van der Waals surface area contributed by atoms with Crippen LogP contribution in [0.5, 0.6) is 0 Å². The lowest BCUT2D eigenvalue weighted by molar-refractivity contribution is 0.928. The lowest BCUT2D eigenvalue weighted by Crippen LogP contribution is -2.23. The highest BCUT2D eigenvalue weighted by Gasteiger charge is 2.20. The summed E-state index contributed by atoms with van der Waals surface area (Å²) >= 11 is 1.47. The number of aromatic nitrogens is 2. The first-order chi connectivity index (χ1) is 16.6. The van der Waals surface area contributed by atoms with Crippen molar-refractivity contribution in [2.45, 2.75) is 13.8 Å². The van der Waals surface area contributed by atoms with Crippen molar-refractivity contribution < 1.29 is 0 Å². The molecule has 3 N–H and O–H groups in total. The summed E-state index contributed by atoms with van der Waals surface area (Å²) in [6.07, 6.45) is 0. The molecule has 2 heterocycles. The SMILES string of the molecule is CC(=NN=c1scc(-c2ccccc2)n1N)c1c(C)[nH]c(-c2ccccc2)c1-c1ccccc1. The first-order valence-electron chi connectivity index (χ1n) is 11.1. The number of aryl methyl sites for hydroxylation is 1. The minimum absolute atomic E-state index is 0.635. The Balaban J connectivity index is 1.62. The second-order valence-electron chi connectivity index (χ2n) is 8.03. The quantitative estimate of drug-likeness (QED) is 0.181. The van der Waals surface area contributed by atoms with Crippen LogP contribution in [0.2, 0.25) is 0 Å². The van der Waals surface area contributed by atoms with Crippen molar-refractivity contribution in [3.8, 4) is 33.6 Å². The molecule has 5 aromatic rings. The summed E-state index contributed by atoms with van der Waals surface area (Å²) in [5.74, 6) is 6.35. The van der Waals surface area contributed by atoms with E-state index in [0.29, 0.717) is 4.80 Å². The summed E-state index contributed by atoms with van der Waals surface area (Å²) in [4.78, 5) is 4.23. The highest BCUT2D eigenvalue weighted by Crippen LogP contribution is 2.37. The zero-order chi connectivity index (χ0) is 23.5. The Kier molecular flexibility index (Phi) is 5.97. The van der Waals surface area contributed by atoms with Gasteiger partial charge < -0.3 is 10.8 Å². The fraction of sp³-hybridized carbons (Fsp3) is 0.0714. The van der Waals surface area contributed by atoms with E-state index in [1.54, 1.807) is 4.68 Å². The van der Waals surface area contributed by atoms with Gasteiger partial charge in [0.15, 0.2) is 0 Å². The summed E-state index contributed by atoms with van der Waals surface area (Å²) in [6.45, 7) is 4.07. The number of benzene rings is 3. The summed E-state index contributed by atoms with van der Waals surface area (Å²) in [7, 11) is 0. The molecule has 0 saturated heterocycles. The van der Waals surface area contributed by atoms with Crippen LogP contribution in [-0.2, 0) is 0 Å². The third-order valence-corrected chi connectivity index (χ3v) is 6.60. The van der Waals surface area contributed by atoms with Crippen molar-refractivity contribution >= 4 is 17.0 Å². The van der Waals surface area contributed by atoms with Gasteiger partial charge in [0.05, 0.1) is 17.1 Å². The van der Waals surface area contributed by atoms with E-state index in [1.165, 1.54) is 11.3 Å². The second-order valence-corrected chi connectivity index (χ2v) is 8.87. The van der Waals surface area contributed by atoms with Gasteiger partial charge in [-0.3, -0.25) is 0 Å². The summed E-state index contributed by atoms with van der Waals surface area (Å²) in [5, 5.41) is 11.1. The predicted molar refractivity (Wildman–Crippen MR) is 142 cm³/mol. The van der Waals surface area contributed by atoms with Crippen molar-refractivity contribution in [3.63, 3.8) is 0 Å². The number of hydrogen-bond donors (Lipinski definition) is 2. The summed E-state index contributed by atoms with van der Waals surface area (Å²) in [6, 6.07) is 30.8. The van der Waals surface area contributed by atoms with Gasteiger partial charge >= 0.3 is 0 Å². The maximum Gasteiger partial charge on any atom is 0.229 e. The van der Waals surface area contributed by atoms with Crippen LogP contribution in [-0.4, -0.2) is 15.4 Å². The van der Waals surface area contributed by atoms with Crippen molar-refractivity contribution in [2.24, 2.45) is 10.2 Å². The molecule has 0 aliphatic heterocycles. The predicted octanol–water partition coefficient (Wildman–Crippen LogP) is 6.23. The van der Waals surface area contributed by atoms with E-state index in [0.717, 1.165) is 50.6 Å². The topological polar surface area (TPSA) is 71.5 Å². The number of thiazole rings is 1. The summed E-state index contributed by atoms with van der Waals surface area (Å²) in [5.41, 5.74) is 9.34. The molecule has 0 fully saturated rings. The molecule has 0 atom stereocenters. The van der Waals surface area contributed by atoms with E-state index < -0.39 is 0 Å². The zero-order valence-corrected chi connectivity index (χ0v) is 19.9. The average molecular weight is 464 g/mol. The third kappa shape index (κ3) is 4.11. The monoisotopic (exact) mass is 463 g/mol. The molecule has 2 aromatic heterocycles. The normalized spacial score (nSPS) is 12.3. The largest absolute Gasteiger partial charge is 0.358 e. The van der Waals surface area contributed by atoms with Crippen LogP contribution in [0.1, 0.15) is 18.2 Å². The number of nitrogens with zero attached hydrogens (tertiary/aromatic N) is 3. The molecule has 0 aliphatic carbocycles. The molecule has 0 unspecified atom stereocenters. The number of nitrogen functional groups attached to an aromatic ring is 1. The van der Waals surface area contributed by atoms with Crippen LogP contribution in [0.15, 0.2) is 107 Å². The van der Waals surface area contributed by atoms with E-state index in [1.807, 2.05) is 54.8 Å². The molecule has 5 rings (SSSR count). The van der Waals surface area contributed by atoms with Gasteiger partial charge in [0.2, 0.25) is 4.80 Å². The molecule has 0 bridgehead atoms. The van der Waals surface area contributed by atoms with E-state index in [4.69, 9.17) is 5.84 Å². The van der Waals surface area contributed by atoms with E-state index in [2.05, 4.69) is 70.6 Å². The lowest BCUT2D eigenvalue weighted by atomic mass is 9.95. The van der Waals surface area contributed by atoms with E-state index >= 15 is 0 Å². The Morgan fingerprint density at radius 3 is 2.00 bits per heavy atom. The van der Waals surface area contributed by atoms with Crippen LogP contribution >= 0.6 is 11.3 Å². The number of hydrogen-bond acceptors (Lipinski definition) is 4. The number of rotatable bonds is 5. The molecule has 5 nitrogen and oxygen atoms in total. The number of aromatic amines is 1. The van der Waals surface area contributed by atoms with Gasteiger partial charge in [-0.05, 0) is 25.0 Å². The third-order valence-electron chi connectivity index (χ3n) is 5.77. The van der Waals surface area contributed by atoms with Gasteiger partial charge in [-0.15, -0.1) is 16.4 Å². The van der Waals surface area contributed by atoms with E-state index in [9.17, 15) is 0 Å². The number of nitrogens with one attached hydrogen (secondary N) is 1. The molecular weight excluding hydrogens is 438 g/mol. The van der Waals surface area contributed by atoms with Crippen molar-refractivity contribution in [3.05, 3.63) is 112 Å². The van der Waals surface area contributed by atoms with Crippen LogP contribution in [0.3, 0.4) is 0 Å². The van der Waals surface area contributed by atoms with Crippen LogP contribution in [0, 0.1) is 6.92 Å². The highest BCUT2D eigenvalue weighted by atomic mass is 32.1. The van der Waals surface area contributed by atoms with Gasteiger partial charge in [0.1, 0.15) is 0 Å². The first kappa shape index (κ1) is 21.7. The van der Waals surface area contributed by atoms with Crippen molar-refractivity contribution in [1.29, 1.82) is 0 Å². The lowest BCUT2D eigenvalue weighted by Gasteiger charge is -2.08. The maximum atomic E-state index is 6.35. The molecular formula is C28H25N5S. The van der Waals surface area contributed by atoms with Crippen LogP contribution < -0.4 is 10.6 Å². The van der Waals surface area contributed by atoms with Gasteiger partial charge in [0, 0.05) is 27.8 Å². The van der Waals surface area contributed by atoms with Crippen LogP contribution in [0.4, 0.5) is 0 Å². The Hall–Kier alpha value is -4.16. The number of nitrogens with two attached hydrogens (primary N) is 1. The Labute approximate surface area is 202 Å².